The average molecular weight is 433 g/mol. The molecule has 1 aliphatic rings. The van der Waals surface area contributed by atoms with Crippen LogP contribution >= 0.6 is 12.8 Å². The Bertz CT molecular complexity index is 651. The van der Waals surface area contributed by atoms with Crippen LogP contribution in [0, 0.1) is 0 Å². The molecule has 1 N–H and O–H groups in total. The predicted molar refractivity (Wildman–Crippen MR) is 116 cm³/mol. The van der Waals surface area contributed by atoms with E-state index in [1.165, 1.54) is 8.61 Å². The molecule has 152 valence electrons. The Morgan fingerprint density at radius 2 is 2.15 bits per heavy atom. The SMILES string of the molecule is C\C=C/C(=C\C=C\N(C)C(=O)CN(C)CC)N1CCC(N(S)S(O)=S)C1=O. The normalized spacial score (nSPS) is 19.9. The van der Waals surface area contributed by atoms with Gasteiger partial charge in [0, 0.05) is 25.5 Å². The smallest absolute Gasteiger partial charge is 0.246 e. The van der Waals surface area contributed by atoms with Gasteiger partial charge in [0.1, 0.15) is 6.04 Å². The van der Waals surface area contributed by atoms with Crippen molar-refractivity contribution in [1.29, 1.82) is 0 Å². The van der Waals surface area contributed by atoms with E-state index in [-0.39, 0.29) is 11.8 Å². The molecule has 7 nitrogen and oxygen atoms in total. The van der Waals surface area contributed by atoms with Gasteiger partial charge < -0.3 is 14.4 Å². The van der Waals surface area contributed by atoms with Crippen LogP contribution in [0.3, 0.4) is 0 Å². The van der Waals surface area contributed by atoms with Crippen LogP contribution in [0.15, 0.2) is 36.2 Å². The first-order chi connectivity index (χ1) is 12.7. The highest BCUT2D eigenvalue weighted by molar-refractivity contribution is 8.27. The Morgan fingerprint density at radius 1 is 1.48 bits per heavy atom. The van der Waals surface area contributed by atoms with Crippen LogP contribution in [0.5, 0.6) is 0 Å². The van der Waals surface area contributed by atoms with E-state index in [0.29, 0.717) is 25.2 Å². The van der Waals surface area contributed by atoms with E-state index in [4.69, 9.17) is 11.2 Å². The monoisotopic (exact) mass is 432 g/mol. The minimum atomic E-state index is -1.49. The minimum Gasteiger partial charge on any atom is -0.321 e. The summed E-state index contributed by atoms with van der Waals surface area (Å²) in [5.41, 5.74) is 0.705. The predicted octanol–water partition coefficient (Wildman–Crippen LogP) is 1.59. The lowest BCUT2D eigenvalue weighted by Gasteiger charge is -2.21. The Hall–Kier alpha value is -1.04. The molecule has 0 aromatic rings. The Balaban J connectivity index is 2.85. The van der Waals surface area contributed by atoms with Gasteiger partial charge in [-0.05, 0) is 56.4 Å². The molecule has 0 aliphatic carbocycles. The second kappa shape index (κ2) is 11.7. The zero-order valence-electron chi connectivity index (χ0n) is 16.1. The second-order valence-corrected chi connectivity index (χ2v) is 8.55. The molecule has 1 aliphatic heterocycles. The number of hydrogen-bond donors (Lipinski definition) is 2. The van der Waals surface area contributed by atoms with Crippen molar-refractivity contribution in [3.05, 3.63) is 36.2 Å². The minimum absolute atomic E-state index is 0.0139. The third kappa shape index (κ3) is 7.13. The fourth-order valence-electron chi connectivity index (χ4n) is 2.45. The summed E-state index contributed by atoms with van der Waals surface area (Å²) in [6.07, 6.45) is 9.39. The number of carbonyl (C=O) groups excluding carboxylic acids is 2. The van der Waals surface area contributed by atoms with Crippen molar-refractivity contribution in [3.63, 3.8) is 0 Å². The molecule has 10 heteroatoms. The van der Waals surface area contributed by atoms with E-state index >= 15 is 0 Å². The van der Waals surface area contributed by atoms with Crippen molar-refractivity contribution in [2.24, 2.45) is 0 Å². The molecule has 1 fully saturated rings. The lowest BCUT2D eigenvalue weighted by Crippen LogP contribution is -2.37. The highest BCUT2D eigenvalue weighted by Crippen LogP contribution is 2.24. The Kier molecular flexibility index (Phi) is 10.4. The molecule has 2 atom stereocenters. The van der Waals surface area contributed by atoms with E-state index in [1.54, 1.807) is 30.3 Å². The van der Waals surface area contributed by atoms with E-state index in [0.717, 1.165) is 6.54 Å². The van der Waals surface area contributed by atoms with Crippen molar-refractivity contribution in [2.45, 2.75) is 26.3 Å². The number of nitrogens with zero attached hydrogens (tertiary/aromatic N) is 4. The summed E-state index contributed by atoms with van der Waals surface area (Å²) in [5.74, 6) is -0.173. The van der Waals surface area contributed by atoms with Crippen LogP contribution in [-0.4, -0.2) is 74.5 Å². The molecule has 1 rings (SSSR count). The quantitative estimate of drug-likeness (QED) is 0.426. The molecular formula is C17H28N4O3S3. The van der Waals surface area contributed by atoms with Gasteiger partial charge in [-0.15, -0.1) is 0 Å². The second-order valence-electron chi connectivity index (χ2n) is 6.10. The zero-order valence-corrected chi connectivity index (χ0v) is 18.6. The molecule has 0 radical (unpaired) electrons. The molecule has 2 unspecified atom stereocenters. The van der Waals surface area contributed by atoms with Gasteiger partial charge in [-0.25, -0.2) is 0 Å². The molecular weight excluding hydrogens is 404 g/mol. The lowest BCUT2D eigenvalue weighted by molar-refractivity contribution is -0.129. The number of likely N-dealkylation sites (N-methyl/N-ethyl adjacent to an activating group) is 2. The van der Waals surface area contributed by atoms with Crippen LogP contribution in [0.2, 0.25) is 0 Å². The first-order valence-electron chi connectivity index (χ1n) is 8.58. The highest BCUT2D eigenvalue weighted by Gasteiger charge is 2.37. The Labute approximate surface area is 174 Å². The lowest BCUT2D eigenvalue weighted by atomic mass is 10.3. The third-order valence-electron chi connectivity index (χ3n) is 4.17. The van der Waals surface area contributed by atoms with Crippen molar-refractivity contribution in [3.8, 4) is 0 Å². The van der Waals surface area contributed by atoms with Gasteiger partial charge in [0.2, 0.25) is 11.8 Å². The fourth-order valence-corrected chi connectivity index (χ4v) is 3.39. The summed E-state index contributed by atoms with van der Waals surface area (Å²) in [7, 11) is 2.10. The summed E-state index contributed by atoms with van der Waals surface area (Å²) in [5, 5.41) is 0. The molecule has 0 aromatic carbocycles. The number of allylic oxidation sites excluding steroid dienone is 4. The molecule has 27 heavy (non-hydrogen) atoms. The topological polar surface area (TPSA) is 67.3 Å². The first-order valence-corrected chi connectivity index (χ1v) is 11.0. The van der Waals surface area contributed by atoms with Gasteiger partial charge in [-0.2, -0.15) is 3.71 Å². The molecule has 1 heterocycles. The number of amides is 2. The van der Waals surface area contributed by atoms with Gasteiger partial charge in [0.05, 0.1) is 16.5 Å². The number of hydrogen-bond acceptors (Lipinski definition) is 5. The standard InChI is InChI=1S/C17H28N4O3S3/c1-5-8-14(9-7-11-19(4)16(22)13-18(3)6-2)20-12-10-15(17(20)23)21(25)27(24)26/h5,7-9,11,15,25H,6,10,12-13H2,1-4H3,(H,24,26)/b8-5-,11-7+,14-9+. The van der Waals surface area contributed by atoms with Crippen LogP contribution in [0.4, 0.5) is 0 Å². The molecule has 0 spiro atoms. The average Bonchev–Trinajstić information content (AvgIpc) is 3.00. The summed E-state index contributed by atoms with van der Waals surface area (Å²) < 4.78 is 10.7. The van der Waals surface area contributed by atoms with E-state index < -0.39 is 16.0 Å². The van der Waals surface area contributed by atoms with Gasteiger partial charge >= 0.3 is 0 Å². The summed E-state index contributed by atoms with van der Waals surface area (Å²) in [4.78, 5) is 29.8. The van der Waals surface area contributed by atoms with Gasteiger partial charge in [0.15, 0.2) is 0 Å². The van der Waals surface area contributed by atoms with Gasteiger partial charge in [-0.1, -0.05) is 25.8 Å². The first kappa shape index (κ1) is 24.0. The largest absolute Gasteiger partial charge is 0.321 e. The van der Waals surface area contributed by atoms with Crippen molar-refractivity contribution in [2.75, 3.05) is 33.7 Å². The molecule has 0 saturated carbocycles. The number of likely N-dealkylation sites (tertiary alicyclic amines) is 1. The van der Waals surface area contributed by atoms with Crippen LogP contribution in [0.1, 0.15) is 20.3 Å². The summed E-state index contributed by atoms with van der Waals surface area (Å²) >= 11 is 8.93. The fraction of sp³-hybridized carbons (Fsp3) is 0.529. The maximum atomic E-state index is 12.6. The van der Waals surface area contributed by atoms with E-state index in [1.807, 2.05) is 37.9 Å². The van der Waals surface area contributed by atoms with E-state index in [9.17, 15) is 14.1 Å². The zero-order chi connectivity index (χ0) is 20.6. The van der Waals surface area contributed by atoms with Crippen LogP contribution < -0.4 is 0 Å². The third-order valence-corrected chi connectivity index (χ3v) is 6.30. The highest BCUT2D eigenvalue weighted by atomic mass is 32.8. The molecule has 0 aromatic heterocycles. The number of rotatable bonds is 9. The van der Waals surface area contributed by atoms with Crippen molar-refractivity contribution >= 4 is 45.7 Å². The number of thiol groups is 1. The van der Waals surface area contributed by atoms with Crippen molar-refractivity contribution in [1.82, 2.24) is 18.4 Å². The summed E-state index contributed by atoms with van der Waals surface area (Å²) in [6, 6.07) is -0.550. The molecule has 1 saturated heterocycles. The van der Waals surface area contributed by atoms with Gasteiger partial charge in [0.25, 0.3) is 0 Å². The maximum absolute atomic E-state index is 12.6. The molecule has 2 amide bonds. The van der Waals surface area contributed by atoms with Crippen LogP contribution in [0.25, 0.3) is 0 Å². The van der Waals surface area contributed by atoms with E-state index in [2.05, 4.69) is 12.8 Å². The number of carbonyl (C=O) groups is 2. The Morgan fingerprint density at radius 3 is 2.70 bits per heavy atom. The molecule has 0 bridgehead atoms. The summed E-state index contributed by atoms with van der Waals surface area (Å²) in [6.45, 7) is 5.51. The van der Waals surface area contributed by atoms with Crippen LogP contribution in [-0.2, 0) is 30.7 Å². The maximum Gasteiger partial charge on any atom is 0.246 e. The van der Waals surface area contributed by atoms with Crippen molar-refractivity contribution < 1.29 is 14.1 Å². The van der Waals surface area contributed by atoms with Gasteiger partial charge in [-0.3, -0.25) is 14.5 Å².